The first kappa shape index (κ1) is 9.14. The number of hydrogen-bond acceptors (Lipinski definition) is 0. The van der Waals surface area contributed by atoms with E-state index in [1.807, 2.05) is 48.6 Å². The first-order chi connectivity index (χ1) is 6.79. The number of allylic oxidation sites excluding steroid dienone is 4. The van der Waals surface area contributed by atoms with E-state index in [1.165, 1.54) is 0 Å². The standard InChI is InChI=1S/C12H8B2/c13-11-7-3-1-5-9(11)10-6-2-4-8-12(10)14/h1-8H/b10-9-. The van der Waals surface area contributed by atoms with E-state index >= 15 is 0 Å². The summed E-state index contributed by atoms with van der Waals surface area (Å²) < 4.78 is 0. The van der Waals surface area contributed by atoms with Crippen molar-refractivity contribution in [1.82, 2.24) is 0 Å². The predicted octanol–water partition coefficient (Wildman–Crippen LogP) is 1.08. The molecule has 1 aliphatic carbocycles. The van der Waals surface area contributed by atoms with Crippen LogP contribution in [0.15, 0.2) is 48.6 Å². The van der Waals surface area contributed by atoms with Gasteiger partial charge in [0.15, 0.2) is 0 Å². The van der Waals surface area contributed by atoms with Gasteiger partial charge in [-0.2, -0.15) is 0 Å². The van der Waals surface area contributed by atoms with E-state index < -0.39 is 0 Å². The molecule has 14 heavy (non-hydrogen) atoms. The summed E-state index contributed by atoms with van der Waals surface area (Å²) in [5.74, 6) is 0.755. The van der Waals surface area contributed by atoms with Gasteiger partial charge in [0.2, 0.25) is 0 Å². The molecule has 0 saturated carbocycles. The van der Waals surface area contributed by atoms with E-state index in [2.05, 4.69) is 0 Å². The van der Waals surface area contributed by atoms with E-state index in [9.17, 15) is 0 Å². The second-order valence-corrected chi connectivity index (χ2v) is 3.17. The third-order valence-electron chi connectivity index (χ3n) is 2.21. The Morgan fingerprint density at radius 1 is 1.14 bits per heavy atom. The van der Waals surface area contributed by atoms with Crippen molar-refractivity contribution in [2.75, 3.05) is 0 Å². The van der Waals surface area contributed by atoms with Crippen molar-refractivity contribution < 1.29 is 0 Å². The summed E-state index contributed by atoms with van der Waals surface area (Å²) in [7, 11) is 11.7. The van der Waals surface area contributed by atoms with Crippen LogP contribution in [0.5, 0.6) is 0 Å². The zero-order valence-electron chi connectivity index (χ0n) is 7.77. The van der Waals surface area contributed by atoms with Gasteiger partial charge in [0.05, 0.1) is 0 Å². The monoisotopic (exact) mass is 174 g/mol. The van der Waals surface area contributed by atoms with Crippen LogP contribution in [-0.4, -0.2) is 15.3 Å². The number of rotatable bonds is 0. The Hall–Kier alpha value is -1.43. The third-order valence-corrected chi connectivity index (χ3v) is 2.21. The van der Waals surface area contributed by atoms with Crippen LogP contribution in [0.25, 0.3) is 5.57 Å². The Morgan fingerprint density at radius 3 is 2.64 bits per heavy atom. The normalized spacial score (nSPS) is 18.7. The van der Waals surface area contributed by atoms with Crippen molar-refractivity contribution in [2.24, 2.45) is 0 Å². The Balaban J connectivity index is 2.72. The van der Waals surface area contributed by atoms with Crippen molar-refractivity contribution >= 4 is 20.9 Å². The molecule has 2 rings (SSSR count). The fourth-order valence-corrected chi connectivity index (χ4v) is 1.48. The van der Waals surface area contributed by atoms with Crippen LogP contribution in [0.3, 0.4) is 0 Å². The van der Waals surface area contributed by atoms with Crippen molar-refractivity contribution in [3.8, 4) is 0 Å². The SMILES string of the molecule is [B]=c1cccc/c1=C1\C=CC=C[C+]1[B-]. The molecule has 0 unspecified atom stereocenters. The summed E-state index contributed by atoms with van der Waals surface area (Å²) in [4.78, 5) is 0. The van der Waals surface area contributed by atoms with E-state index in [-0.39, 0.29) is 0 Å². The van der Waals surface area contributed by atoms with E-state index in [4.69, 9.17) is 15.3 Å². The fraction of sp³-hybridized carbons (Fsp3) is 0. The van der Waals surface area contributed by atoms with Crippen molar-refractivity contribution in [2.45, 2.75) is 0 Å². The molecule has 4 radical (unpaired) electrons. The van der Waals surface area contributed by atoms with Crippen LogP contribution in [-0.2, 0) is 0 Å². The zero-order valence-corrected chi connectivity index (χ0v) is 7.77. The molecule has 0 amide bonds. The molecule has 0 aliphatic heterocycles. The molecule has 0 saturated heterocycles. The summed E-state index contributed by atoms with van der Waals surface area (Å²) in [5.41, 5.74) is 0.991. The quantitative estimate of drug-likeness (QED) is 0.407. The molecular weight excluding hydrogens is 166 g/mol. The Labute approximate surface area is 86.1 Å². The van der Waals surface area contributed by atoms with Gasteiger partial charge >= 0.3 is 85.6 Å². The summed E-state index contributed by atoms with van der Waals surface area (Å²) in [5, 5.41) is 1.75. The molecule has 0 fully saturated rings. The summed E-state index contributed by atoms with van der Waals surface area (Å²) in [6.07, 6.45) is 7.72. The molecular formula is C12H8B2. The first-order valence-corrected chi connectivity index (χ1v) is 4.48. The molecule has 62 valence electrons. The Kier molecular flexibility index (Phi) is 2.45. The second-order valence-electron chi connectivity index (χ2n) is 3.17. The molecule has 0 spiro atoms. The topological polar surface area (TPSA) is 0 Å². The Morgan fingerprint density at radius 2 is 1.93 bits per heavy atom. The third kappa shape index (κ3) is 1.60. The van der Waals surface area contributed by atoms with Crippen molar-refractivity contribution in [3.05, 3.63) is 64.7 Å². The summed E-state index contributed by atoms with van der Waals surface area (Å²) >= 11 is 0. The molecule has 0 N–H and O–H groups in total. The van der Waals surface area contributed by atoms with Gasteiger partial charge < -0.3 is 0 Å². The van der Waals surface area contributed by atoms with E-state index in [0.717, 1.165) is 21.7 Å². The van der Waals surface area contributed by atoms with Gasteiger partial charge in [0, 0.05) is 0 Å². The maximum atomic E-state index is 5.87. The maximum absolute atomic E-state index is 5.87. The molecule has 1 aromatic carbocycles. The number of hydrogen-bond donors (Lipinski definition) is 0. The molecule has 0 heterocycles. The van der Waals surface area contributed by atoms with Crippen LogP contribution in [0, 0.1) is 10.9 Å². The van der Waals surface area contributed by atoms with Crippen LogP contribution in [0.4, 0.5) is 0 Å². The van der Waals surface area contributed by atoms with Crippen LogP contribution >= 0.6 is 0 Å². The van der Waals surface area contributed by atoms with Gasteiger partial charge in [-0.3, -0.25) is 0 Å². The van der Waals surface area contributed by atoms with Gasteiger partial charge in [0.1, 0.15) is 0 Å². The first-order valence-electron chi connectivity index (χ1n) is 4.48. The van der Waals surface area contributed by atoms with Gasteiger partial charge in [-0.1, -0.05) is 0 Å². The average molecular weight is 174 g/mol. The minimum absolute atomic E-state index is 0.755. The van der Waals surface area contributed by atoms with Gasteiger partial charge in [-0.05, 0) is 0 Å². The molecule has 1 aliphatic rings. The fourth-order valence-electron chi connectivity index (χ4n) is 1.48. The molecule has 0 aromatic heterocycles. The van der Waals surface area contributed by atoms with Crippen LogP contribution in [0.2, 0.25) is 0 Å². The average Bonchev–Trinajstić information content (AvgIpc) is 2.20. The van der Waals surface area contributed by atoms with Gasteiger partial charge in [-0.25, -0.2) is 0 Å². The van der Waals surface area contributed by atoms with Crippen LogP contribution < -0.4 is 5.22 Å². The molecule has 2 heteroatoms. The van der Waals surface area contributed by atoms with E-state index in [0.29, 0.717) is 0 Å². The molecule has 0 bridgehead atoms. The summed E-state index contributed by atoms with van der Waals surface area (Å²) in [6.45, 7) is 0. The van der Waals surface area contributed by atoms with Crippen molar-refractivity contribution in [1.29, 1.82) is 0 Å². The van der Waals surface area contributed by atoms with Gasteiger partial charge in [0.25, 0.3) is 0 Å². The predicted molar refractivity (Wildman–Crippen MR) is 61.3 cm³/mol. The zero-order chi connectivity index (χ0) is 9.97. The van der Waals surface area contributed by atoms with Crippen LogP contribution in [0.1, 0.15) is 0 Å². The van der Waals surface area contributed by atoms with Crippen molar-refractivity contribution in [3.63, 3.8) is 0 Å². The molecule has 1 aromatic rings. The molecule has 0 atom stereocenters. The Bertz CT molecular complexity index is 497. The van der Waals surface area contributed by atoms with Gasteiger partial charge in [-0.15, -0.1) is 0 Å². The van der Waals surface area contributed by atoms with E-state index in [1.54, 1.807) is 0 Å². The minimum atomic E-state index is 0.755. The number of benzene rings is 1. The molecule has 0 nitrogen and oxygen atoms in total. The second kappa shape index (κ2) is 3.75. The summed E-state index contributed by atoms with van der Waals surface area (Å²) in [6, 6.07) is 7.72.